The second kappa shape index (κ2) is 6.08. The number of likely N-dealkylation sites (N-methyl/N-ethyl adjacent to an activating group) is 1. The first kappa shape index (κ1) is 12.5. The first-order valence-corrected chi connectivity index (χ1v) is 5.16. The number of nitriles is 1. The molecule has 0 saturated carbocycles. The van der Waals surface area contributed by atoms with E-state index in [0.717, 1.165) is 12.8 Å². The molecule has 0 bridgehead atoms. The standard InChI is InChI=1S/C10H15N3O3/c1-13(8-2-6-16-7-3-8)10(15)9(14)12-5-4-11/h8H,2-3,5-7H2,1H3,(H,12,14). The van der Waals surface area contributed by atoms with Crippen LogP contribution in [0.25, 0.3) is 0 Å². The summed E-state index contributed by atoms with van der Waals surface area (Å²) in [5.41, 5.74) is 0. The third-order valence-corrected chi connectivity index (χ3v) is 2.58. The average molecular weight is 225 g/mol. The van der Waals surface area contributed by atoms with Crippen molar-refractivity contribution in [2.45, 2.75) is 18.9 Å². The molecule has 1 rings (SSSR count). The minimum absolute atomic E-state index is 0.0501. The number of ether oxygens (including phenoxy) is 1. The SMILES string of the molecule is CN(C(=O)C(=O)NCC#N)C1CCOCC1. The van der Waals surface area contributed by atoms with Gasteiger partial charge in [-0.3, -0.25) is 9.59 Å². The van der Waals surface area contributed by atoms with Gasteiger partial charge in [0, 0.05) is 26.3 Å². The monoisotopic (exact) mass is 225 g/mol. The molecule has 1 saturated heterocycles. The van der Waals surface area contributed by atoms with Crippen LogP contribution < -0.4 is 5.32 Å². The zero-order valence-corrected chi connectivity index (χ0v) is 9.23. The molecule has 6 heteroatoms. The first-order valence-electron chi connectivity index (χ1n) is 5.16. The van der Waals surface area contributed by atoms with Gasteiger partial charge in [-0.05, 0) is 12.8 Å². The Morgan fingerprint density at radius 1 is 1.50 bits per heavy atom. The molecule has 0 atom stereocenters. The van der Waals surface area contributed by atoms with Crippen LogP contribution in [0, 0.1) is 11.3 Å². The summed E-state index contributed by atoms with van der Waals surface area (Å²) in [4.78, 5) is 24.3. The van der Waals surface area contributed by atoms with Gasteiger partial charge in [0.1, 0.15) is 6.54 Å². The van der Waals surface area contributed by atoms with Crippen LogP contribution in [0.15, 0.2) is 0 Å². The normalized spacial score (nSPS) is 16.2. The Balaban J connectivity index is 2.45. The summed E-state index contributed by atoms with van der Waals surface area (Å²) in [6, 6.07) is 1.80. The molecule has 1 fully saturated rings. The van der Waals surface area contributed by atoms with Gasteiger partial charge in [-0.25, -0.2) is 0 Å². The van der Waals surface area contributed by atoms with E-state index in [1.54, 1.807) is 13.1 Å². The third-order valence-electron chi connectivity index (χ3n) is 2.58. The Morgan fingerprint density at radius 2 is 2.12 bits per heavy atom. The van der Waals surface area contributed by atoms with E-state index >= 15 is 0 Å². The quantitative estimate of drug-likeness (QED) is 0.496. The lowest BCUT2D eigenvalue weighted by Gasteiger charge is -2.30. The fourth-order valence-electron chi connectivity index (χ4n) is 1.59. The summed E-state index contributed by atoms with van der Waals surface area (Å²) in [6.45, 7) is 1.08. The molecule has 1 heterocycles. The van der Waals surface area contributed by atoms with E-state index in [4.69, 9.17) is 10.00 Å². The van der Waals surface area contributed by atoms with Crippen molar-refractivity contribution in [1.82, 2.24) is 10.2 Å². The van der Waals surface area contributed by atoms with E-state index in [2.05, 4.69) is 5.32 Å². The average Bonchev–Trinajstić information content (AvgIpc) is 2.35. The first-order chi connectivity index (χ1) is 7.66. The number of nitrogens with one attached hydrogen (secondary N) is 1. The van der Waals surface area contributed by atoms with E-state index in [1.165, 1.54) is 4.90 Å². The van der Waals surface area contributed by atoms with Gasteiger partial charge >= 0.3 is 11.8 Å². The van der Waals surface area contributed by atoms with Gasteiger partial charge in [0.25, 0.3) is 0 Å². The van der Waals surface area contributed by atoms with Crippen molar-refractivity contribution in [3.63, 3.8) is 0 Å². The highest BCUT2D eigenvalue weighted by Gasteiger charge is 2.26. The summed E-state index contributed by atoms with van der Waals surface area (Å²) >= 11 is 0. The summed E-state index contributed by atoms with van der Waals surface area (Å²) < 4.78 is 5.17. The topological polar surface area (TPSA) is 82.4 Å². The predicted molar refractivity (Wildman–Crippen MR) is 55.2 cm³/mol. The van der Waals surface area contributed by atoms with E-state index in [-0.39, 0.29) is 12.6 Å². The zero-order chi connectivity index (χ0) is 12.0. The molecule has 6 nitrogen and oxygen atoms in total. The number of nitrogens with zero attached hydrogens (tertiary/aromatic N) is 2. The number of carbonyl (C=O) groups excluding carboxylic acids is 2. The van der Waals surface area contributed by atoms with Crippen molar-refractivity contribution in [3.05, 3.63) is 0 Å². The van der Waals surface area contributed by atoms with Crippen LogP contribution in [0.3, 0.4) is 0 Å². The minimum Gasteiger partial charge on any atom is -0.381 e. The van der Waals surface area contributed by atoms with Crippen LogP contribution in [-0.2, 0) is 14.3 Å². The third kappa shape index (κ3) is 3.21. The highest BCUT2D eigenvalue weighted by atomic mass is 16.5. The highest BCUT2D eigenvalue weighted by molar-refractivity contribution is 6.35. The van der Waals surface area contributed by atoms with Gasteiger partial charge in [0.05, 0.1) is 6.07 Å². The zero-order valence-electron chi connectivity index (χ0n) is 9.23. The van der Waals surface area contributed by atoms with Gasteiger partial charge in [0.2, 0.25) is 0 Å². The summed E-state index contributed by atoms with van der Waals surface area (Å²) in [7, 11) is 1.60. The molecule has 0 aliphatic carbocycles. The number of amides is 2. The summed E-state index contributed by atoms with van der Waals surface area (Å²) in [5, 5.41) is 10.5. The van der Waals surface area contributed by atoms with E-state index in [1.807, 2.05) is 0 Å². The Hall–Kier alpha value is -1.61. The summed E-state index contributed by atoms with van der Waals surface area (Å²) in [5.74, 6) is -1.32. The van der Waals surface area contributed by atoms with Gasteiger partial charge in [0.15, 0.2) is 0 Å². The molecule has 1 aliphatic heterocycles. The maximum absolute atomic E-state index is 11.6. The maximum atomic E-state index is 11.6. The molecule has 1 N–H and O–H groups in total. The van der Waals surface area contributed by atoms with Gasteiger partial charge in [-0.2, -0.15) is 5.26 Å². The van der Waals surface area contributed by atoms with Crippen LogP contribution in [0.2, 0.25) is 0 Å². The fraction of sp³-hybridized carbons (Fsp3) is 0.700. The molecule has 1 aliphatic rings. The van der Waals surface area contributed by atoms with Gasteiger partial charge in [-0.1, -0.05) is 0 Å². The molecule has 0 radical (unpaired) electrons. The predicted octanol–water partition coefficient (Wildman–Crippen LogP) is -0.736. The van der Waals surface area contributed by atoms with E-state index < -0.39 is 11.8 Å². The number of hydrogen-bond acceptors (Lipinski definition) is 4. The van der Waals surface area contributed by atoms with Crippen LogP contribution in [-0.4, -0.2) is 49.6 Å². The molecule has 0 aromatic carbocycles. The molecule has 0 aromatic heterocycles. The van der Waals surface area contributed by atoms with Crippen molar-refractivity contribution >= 4 is 11.8 Å². The Morgan fingerprint density at radius 3 is 2.69 bits per heavy atom. The number of rotatable bonds is 2. The lowest BCUT2D eigenvalue weighted by Crippen LogP contribution is -2.47. The molecular formula is C10H15N3O3. The van der Waals surface area contributed by atoms with Crippen LogP contribution >= 0.6 is 0 Å². The van der Waals surface area contributed by atoms with Gasteiger partial charge in [-0.15, -0.1) is 0 Å². The van der Waals surface area contributed by atoms with Crippen molar-refractivity contribution in [1.29, 1.82) is 5.26 Å². The Labute approximate surface area is 94.2 Å². The van der Waals surface area contributed by atoms with Crippen molar-refractivity contribution in [2.24, 2.45) is 0 Å². The second-order valence-electron chi connectivity index (χ2n) is 3.60. The number of carbonyl (C=O) groups is 2. The molecule has 16 heavy (non-hydrogen) atoms. The minimum atomic E-state index is -0.726. The molecule has 0 aromatic rings. The Kier molecular flexibility index (Phi) is 4.73. The maximum Gasteiger partial charge on any atom is 0.311 e. The smallest absolute Gasteiger partial charge is 0.311 e. The van der Waals surface area contributed by atoms with E-state index in [0.29, 0.717) is 13.2 Å². The van der Waals surface area contributed by atoms with Gasteiger partial charge < -0.3 is 15.0 Å². The van der Waals surface area contributed by atoms with Crippen LogP contribution in [0.5, 0.6) is 0 Å². The van der Waals surface area contributed by atoms with Crippen LogP contribution in [0.4, 0.5) is 0 Å². The Bertz CT molecular complexity index is 305. The second-order valence-corrected chi connectivity index (χ2v) is 3.60. The van der Waals surface area contributed by atoms with Crippen LogP contribution in [0.1, 0.15) is 12.8 Å². The fourth-order valence-corrected chi connectivity index (χ4v) is 1.59. The highest BCUT2D eigenvalue weighted by Crippen LogP contribution is 2.12. The van der Waals surface area contributed by atoms with Crippen molar-refractivity contribution in [3.8, 4) is 6.07 Å². The van der Waals surface area contributed by atoms with Crippen molar-refractivity contribution < 1.29 is 14.3 Å². The summed E-state index contributed by atoms with van der Waals surface area (Å²) in [6.07, 6.45) is 1.49. The molecule has 0 unspecified atom stereocenters. The van der Waals surface area contributed by atoms with E-state index in [9.17, 15) is 9.59 Å². The molecule has 2 amide bonds. The molecule has 88 valence electrons. The molecule has 0 spiro atoms. The van der Waals surface area contributed by atoms with Crippen molar-refractivity contribution in [2.75, 3.05) is 26.8 Å². The lowest BCUT2D eigenvalue weighted by atomic mass is 10.1. The molecular weight excluding hydrogens is 210 g/mol. The largest absolute Gasteiger partial charge is 0.381 e. The lowest BCUT2D eigenvalue weighted by molar-refractivity contribution is -0.147. The number of hydrogen-bond donors (Lipinski definition) is 1.